The zero-order valence-electron chi connectivity index (χ0n) is 13.1. The summed E-state index contributed by atoms with van der Waals surface area (Å²) in [6, 6.07) is 0.763. The molecule has 0 bridgehead atoms. The fourth-order valence-electron chi connectivity index (χ4n) is 3.18. The molecule has 0 amide bonds. The molecular weight excluding hydrogens is 384 g/mol. The Morgan fingerprint density at radius 2 is 1.42 bits per heavy atom. The monoisotopic (exact) mass is 397 g/mol. The van der Waals surface area contributed by atoms with Gasteiger partial charge in [-0.1, -0.05) is 0 Å². The van der Waals surface area contributed by atoms with E-state index in [2.05, 4.69) is 5.32 Å². The first-order chi connectivity index (χ1) is 11.7. The highest BCUT2D eigenvalue weighted by Crippen LogP contribution is 2.39. The molecule has 2 aromatic carbocycles. The van der Waals surface area contributed by atoms with Gasteiger partial charge >= 0.3 is 0 Å². The number of aliphatic hydroxyl groups is 1. The predicted molar refractivity (Wildman–Crippen MR) is 83.9 cm³/mol. The summed E-state index contributed by atoms with van der Waals surface area (Å²) in [5.41, 5.74) is -3.63. The van der Waals surface area contributed by atoms with Crippen LogP contribution in [0.1, 0.15) is 24.0 Å². The van der Waals surface area contributed by atoms with E-state index < -0.39 is 57.7 Å². The molecule has 3 rings (SSSR count). The highest BCUT2D eigenvalue weighted by molar-refractivity contribution is 5.85. The van der Waals surface area contributed by atoms with Crippen molar-refractivity contribution < 1.29 is 31.4 Å². The maximum Gasteiger partial charge on any atom is 0.194 e. The topological polar surface area (TPSA) is 32.3 Å². The summed E-state index contributed by atoms with van der Waals surface area (Å²) in [5.74, 6) is -9.13. The molecule has 142 valence electrons. The van der Waals surface area contributed by atoms with Gasteiger partial charge in [0, 0.05) is 17.7 Å². The first kappa shape index (κ1) is 20.5. The first-order valence-electron chi connectivity index (χ1n) is 7.51. The van der Waals surface area contributed by atoms with E-state index in [4.69, 9.17) is 0 Å². The zero-order chi connectivity index (χ0) is 18.4. The fraction of sp³-hybridized carbons (Fsp3) is 0.294. The van der Waals surface area contributed by atoms with Crippen LogP contribution in [0, 0.1) is 34.9 Å². The van der Waals surface area contributed by atoms with Crippen LogP contribution in [0.25, 0.3) is 0 Å². The predicted octanol–water partition coefficient (Wildman–Crippen LogP) is 3.93. The first-order valence-corrected chi connectivity index (χ1v) is 7.51. The normalized spacial score (nSPS) is 19.1. The number of benzene rings is 2. The van der Waals surface area contributed by atoms with E-state index >= 15 is 0 Å². The summed E-state index contributed by atoms with van der Waals surface area (Å²) in [5, 5.41) is 14.0. The standard InChI is InChI=1S/C17H13F6NO.ClH/c18-10-7-12(20)11(19)6-9(10)17(25,15-2-1-3-24-15)8-4-13(21)16(23)14(22)5-8;/h4-7,15,24-25H,1-3H2;1H. The van der Waals surface area contributed by atoms with Gasteiger partial charge in [-0.2, -0.15) is 0 Å². The van der Waals surface area contributed by atoms with Crippen LogP contribution >= 0.6 is 12.4 Å². The molecule has 2 atom stereocenters. The van der Waals surface area contributed by atoms with E-state index in [0.717, 1.165) is 0 Å². The molecule has 0 aromatic heterocycles. The highest BCUT2D eigenvalue weighted by Gasteiger charge is 2.44. The average molecular weight is 398 g/mol. The molecule has 26 heavy (non-hydrogen) atoms. The van der Waals surface area contributed by atoms with Crippen molar-refractivity contribution in [2.45, 2.75) is 24.5 Å². The summed E-state index contributed by atoms with van der Waals surface area (Å²) in [7, 11) is 0. The third-order valence-electron chi connectivity index (χ3n) is 4.41. The Balaban J connectivity index is 0.00000243. The highest BCUT2D eigenvalue weighted by atomic mass is 35.5. The summed E-state index contributed by atoms with van der Waals surface area (Å²) >= 11 is 0. The van der Waals surface area contributed by atoms with Crippen LogP contribution < -0.4 is 5.32 Å². The van der Waals surface area contributed by atoms with Gasteiger partial charge in [0.25, 0.3) is 0 Å². The summed E-state index contributed by atoms with van der Waals surface area (Å²) in [6.07, 6.45) is 0.833. The lowest BCUT2D eigenvalue weighted by atomic mass is 9.79. The van der Waals surface area contributed by atoms with Crippen LogP contribution in [0.3, 0.4) is 0 Å². The van der Waals surface area contributed by atoms with Gasteiger partial charge in [-0.25, -0.2) is 26.3 Å². The average Bonchev–Trinajstić information content (AvgIpc) is 3.09. The lowest BCUT2D eigenvalue weighted by molar-refractivity contribution is 0.0395. The van der Waals surface area contributed by atoms with E-state index in [1.165, 1.54) is 0 Å². The summed E-state index contributed by atoms with van der Waals surface area (Å²) in [6.45, 7) is 0.421. The summed E-state index contributed by atoms with van der Waals surface area (Å²) in [4.78, 5) is 0. The zero-order valence-corrected chi connectivity index (χ0v) is 13.9. The second-order valence-electron chi connectivity index (χ2n) is 5.92. The smallest absolute Gasteiger partial charge is 0.194 e. The number of rotatable bonds is 3. The lowest BCUT2D eigenvalue weighted by Gasteiger charge is -2.35. The van der Waals surface area contributed by atoms with E-state index in [1.54, 1.807) is 0 Å². The number of nitrogens with one attached hydrogen (secondary N) is 1. The molecule has 0 saturated carbocycles. The van der Waals surface area contributed by atoms with Gasteiger partial charge < -0.3 is 10.4 Å². The van der Waals surface area contributed by atoms with Crippen molar-refractivity contribution in [1.29, 1.82) is 0 Å². The van der Waals surface area contributed by atoms with E-state index in [0.29, 0.717) is 31.2 Å². The maximum absolute atomic E-state index is 14.3. The van der Waals surface area contributed by atoms with Gasteiger partial charge in [-0.05, 0) is 43.1 Å². The molecule has 1 aliphatic heterocycles. The molecule has 2 unspecified atom stereocenters. The van der Waals surface area contributed by atoms with Crippen LogP contribution in [-0.2, 0) is 5.60 Å². The Kier molecular flexibility index (Phi) is 5.89. The second kappa shape index (κ2) is 7.46. The molecule has 1 fully saturated rings. The maximum atomic E-state index is 14.3. The molecule has 0 aliphatic carbocycles. The number of hydrogen-bond acceptors (Lipinski definition) is 2. The molecule has 0 spiro atoms. The molecular formula is C17H14ClF6NO. The van der Waals surface area contributed by atoms with Gasteiger partial charge in [-0.3, -0.25) is 0 Å². The molecule has 1 aliphatic rings. The van der Waals surface area contributed by atoms with Crippen LogP contribution in [0.4, 0.5) is 26.3 Å². The van der Waals surface area contributed by atoms with Gasteiger partial charge in [0.05, 0.1) is 0 Å². The minimum absolute atomic E-state index is 0. The van der Waals surface area contributed by atoms with Crippen molar-refractivity contribution >= 4 is 12.4 Å². The van der Waals surface area contributed by atoms with E-state index in [1.807, 2.05) is 0 Å². The van der Waals surface area contributed by atoms with Crippen molar-refractivity contribution in [3.63, 3.8) is 0 Å². The van der Waals surface area contributed by atoms with Crippen LogP contribution in [0.2, 0.25) is 0 Å². The second-order valence-corrected chi connectivity index (χ2v) is 5.92. The van der Waals surface area contributed by atoms with E-state index in [-0.39, 0.29) is 24.9 Å². The van der Waals surface area contributed by atoms with Crippen molar-refractivity contribution in [1.82, 2.24) is 5.32 Å². The molecule has 1 saturated heterocycles. The molecule has 9 heteroatoms. The Morgan fingerprint density at radius 1 is 0.846 bits per heavy atom. The van der Waals surface area contributed by atoms with Gasteiger partial charge in [-0.15, -0.1) is 12.4 Å². The Bertz CT molecular complexity index is 804. The van der Waals surface area contributed by atoms with E-state index in [9.17, 15) is 31.4 Å². The Labute approximate surface area is 151 Å². The Hall–Kier alpha value is -1.77. The number of hydrogen-bond donors (Lipinski definition) is 2. The van der Waals surface area contributed by atoms with Crippen molar-refractivity contribution in [2.24, 2.45) is 0 Å². The molecule has 2 N–H and O–H groups in total. The van der Waals surface area contributed by atoms with Crippen LogP contribution in [0.5, 0.6) is 0 Å². The molecule has 1 heterocycles. The van der Waals surface area contributed by atoms with Crippen LogP contribution in [-0.4, -0.2) is 17.7 Å². The van der Waals surface area contributed by atoms with Gasteiger partial charge in [0.1, 0.15) is 11.4 Å². The summed E-state index contributed by atoms with van der Waals surface area (Å²) < 4.78 is 81.7. The third-order valence-corrected chi connectivity index (χ3v) is 4.41. The molecule has 2 aromatic rings. The van der Waals surface area contributed by atoms with Crippen molar-refractivity contribution in [3.05, 3.63) is 70.3 Å². The molecule has 0 radical (unpaired) electrons. The molecule has 2 nitrogen and oxygen atoms in total. The quantitative estimate of drug-likeness (QED) is 0.467. The lowest BCUT2D eigenvalue weighted by Crippen LogP contribution is -2.47. The van der Waals surface area contributed by atoms with Crippen molar-refractivity contribution in [2.75, 3.05) is 6.54 Å². The van der Waals surface area contributed by atoms with Crippen molar-refractivity contribution in [3.8, 4) is 0 Å². The van der Waals surface area contributed by atoms with Crippen LogP contribution in [0.15, 0.2) is 24.3 Å². The third kappa shape index (κ3) is 3.28. The number of halogens is 7. The minimum atomic E-state index is -2.43. The minimum Gasteiger partial charge on any atom is -0.379 e. The Morgan fingerprint density at radius 3 is 1.96 bits per heavy atom. The van der Waals surface area contributed by atoms with Gasteiger partial charge in [0.2, 0.25) is 0 Å². The SMILES string of the molecule is Cl.OC(c1cc(F)c(F)c(F)c1)(c1cc(F)c(F)cc1F)C1CCCN1. The largest absolute Gasteiger partial charge is 0.379 e. The fourth-order valence-corrected chi connectivity index (χ4v) is 3.18. The van der Waals surface area contributed by atoms with Gasteiger partial charge in [0.15, 0.2) is 29.1 Å².